The molecule has 0 saturated carbocycles. The van der Waals surface area contributed by atoms with Crippen molar-refractivity contribution in [3.63, 3.8) is 0 Å². The molecule has 0 radical (unpaired) electrons. The summed E-state index contributed by atoms with van der Waals surface area (Å²) in [6, 6.07) is 5.80. The molecule has 20 heavy (non-hydrogen) atoms. The van der Waals surface area contributed by atoms with Crippen LogP contribution in [0.1, 0.15) is 5.69 Å². The van der Waals surface area contributed by atoms with E-state index in [1.807, 2.05) is 37.0 Å². The molecular formula is C13H14BrN5O. The van der Waals surface area contributed by atoms with Crippen molar-refractivity contribution in [2.24, 2.45) is 7.05 Å². The summed E-state index contributed by atoms with van der Waals surface area (Å²) >= 11 is 3.61. The van der Waals surface area contributed by atoms with Crippen LogP contribution in [0.3, 0.4) is 0 Å². The molecule has 2 heterocycles. The van der Waals surface area contributed by atoms with E-state index in [4.69, 9.17) is 0 Å². The number of halogens is 1. The van der Waals surface area contributed by atoms with Crippen molar-refractivity contribution in [1.82, 2.24) is 25.1 Å². The van der Waals surface area contributed by atoms with Gasteiger partial charge in [-0.25, -0.2) is 4.79 Å². The zero-order valence-corrected chi connectivity index (χ0v) is 12.7. The van der Waals surface area contributed by atoms with Gasteiger partial charge in [0.05, 0.1) is 26.9 Å². The second-order valence-corrected chi connectivity index (χ2v) is 5.40. The third-order valence-electron chi connectivity index (χ3n) is 3.19. The number of nitrogens with zero attached hydrogens (tertiary/aromatic N) is 2. The van der Waals surface area contributed by atoms with E-state index < -0.39 is 0 Å². The van der Waals surface area contributed by atoms with E-state index >= 15 is 0 Å². The smallest absolute Gasteiger partial charge is 0.314 e. The maximum absolute atomic E-state index is 11.3. The molecule has 6 nitrogen and oxygen atoms in total. The second kappa shape index (κ2) is 4.92. The van der Waals surface area contributed by atoms with Crippen molar-refractivity contribution in [1.29, 1.82) is 0 Å². The van der Waals surface area contributed by atoms with Crippen molar-refractivity contribution in [3.8, 4) is 11.3 Å². The van der Waals surface area contributed by atoms with E-state index in [2.05, 4.69) is 36.3 Å². The normalized spacial score (nSPS) is 11.3. The SMILES string of the molecule is CNCc1nn(C)c(-c2ccc3[nH]c(=O)[nH]c3c2)c1Br. The number of fused-ring (bicyclic) bond motifs is 1. The third-order valence-corrected chi connectivity index (χ3v) is 4.02. The molecule has 7 heteroatoms. The van der Waals surface area contributed by atoms with Gasteiger partial charge >= 0.3 is 5.69 Å². The Hall–Kier alpha value is -1.86. The molecule has 104 valence electrons. The van der Waals surface area contributed by atoms with Gasteiger partial charge in [-0.3, -0.25) is 4.68 Å². The zero-order chi connectivity index (χ0) is 14.3. The van der Waals surface area contributed by atoms with Gasteiger partial charge in [-0.15, -0.1) is 0 Å². The first-order chi connectivity index (χ1) is 9.60. The molecule has 3 rings (SSSR count). The molecule has 0 aliphatic heterocycles. The Morgan fingerprint density at radius 1 is 1.35 bits per heavy atom. The molecule has 0 unspecified atom stereocenters. The molecule has 0 amide bonds. The quantitative estimate of drug-likeness (QED) is 0.682. The van der Waals surface area contributed by atoms with E-state index in [-0.39, 0.29) is 5.69 Å². The predicted octanol–water partition coefficient (Wildman–Crippen LogP) is 1.74. The zero-order valence-electron chi connectivity index (χ0n) is 11.1. The van der Waals surface area contributed by atoms with Crippen LogP contribution < -0.4 is 11.0 Å². The average molecular weight is 336 g/mol. The fraction of sp³-hybridized carbons (Fsp3) is 0.231. The van der Waals surface area contributed by atoms with Crippen molar-refractivity contribution in [2.75, 3.05) is 7.05 Å². The third kappa shape index (κ3) is 2.08. The van der Waals surface area contributed by atoms with Gasteiger partial charge in [0.1, 0.15) is 0 Å². The van der Waals surface area contributed by atoms with Crippen LogP contribution in [0.2, 0.25) is 0 Å². The summed E-state index contributed by atoms with van der Waals surface area (Å²) in [5, 5.41) is 7.58. The van der Waals surface area contributed by atoms with Gasteiger partial charge in [-0.05, 0) is 35.1 Å². The highest BCUT2D eigenvalue weighted by Gasteiger charge is 2.15. The van der Waals surface area contributed by atoms with E-state index in [9.17, 15) is 4.79 Å². The fourth-order valence-corrected chi connectivity index (χ4v) is 3.03. The summed E-state index contributed by atoms with van der Waals surface area (Å²) in [7, 11) is 3.79. The largest absolute Gasteiger partial charge is 0.323 e. The predicted molar refractivity (Wildman–Crippen MR) is 81.6 cm³/mol. The van der Waals surface area contributed by atoms with Crippen LogP contribution in [0.25, 0.3) is 22.3 Å². The van der Waals surface area contributed by atoms with E-state index in [1.54, 1.807) is 0 Å². The van der Waals surface area contributed by atoms with Crippen LogP contribution in [-0.4, -0.2) is 26.8 Å². The Morgan fingerprint density at radius 3 is 2.85 bits per heavy atom. The Balaban J connectivity index is 2.17. The monoisotopic (exact) mass is 335 g/mol. The topological polar surface area (TPSA) is 78.5 Å². The number of aromatic amines is 2. The highest BCUT2D eigenvalue weighted by atomic mass is 79.9. The standard InChI is InChI=1S/C13H14BrN5O/c1-15-6-10-11(14)12(19(2)18-10)7-3-4-8-9(5-7)17-13(20)16-8/h3-5,15H,6H2,1-2H3,(H2,16,17,20). The van der Waals surface area contributed by atoms with Crippen LogP contribution in [0.4, 0.5) is 0 Å². The van der Waals surface area contributed by atoms with Crippen LogP contribution in [0, 0.1) is 0 Å². The highest BCUT2D eigenvalue weighted by Crippen LogP contribution is 2.31. The molecule has 0 saturated heterocycles. The summed E-state index contributed by atoms with van der Waals surface area (Å²) in [4.78, 5) is 16.8. The van der Waals surface area contributed by atoms with Crippen molar-refractivity contribution >= 4 is 27.0 Å². The molecule has 1 aromatic carbocycles. The first kappa shape index (κ1) is 13.1. The van der Waals surface area contributed by atoms with Gasteiger partial charge in [0.15, 0.2) is 0 Å². The summed E-state index contributed by atoms with van der Waals surface area (Å²) < 4.78 is 2.80. The number of hydrogen-bond donors (Lipinski definition) is 3. The minimum atomic E-state index is -0.197. The summed E-state index contributed by atoms with van der Waals surface area (Å²) in [5.74, 6) is 0. The molecule has 0 aliphatic carbocycles. The Bertz CT molecular complexity index is 829. The number of H-pyrrole nitrogens is 2. The van der Waals surface area contributed by atoms with Gasteiger partial charge < -0.3 is 15.3 Å². The molecule has 0 atom stereocenters. The number of hydrogen-bond acceptors (Lipinski definition) is 3. The number of imidazole rings is 1. The van der Waals surface area contributed by atoms with Crippen LogP contribution in [0.15, 0.2) is 27.5 Å². The van der Waals surface area contributed by atoms with Gasteiger partial charge in [0, 0.05) is 19.2 Å². The van der Waals surface area contributed by atoms with E-state index in [1.165, 1.54) is 0 Å². The molecule has 0 bridgehead atoms. The Kier molecular flexibility index (Phi) is 3.23. The molecule has 0 spiro atoms. The highest BCUT2D eigenvalue weighted by molar-refractivity contribution is 9.10. The molecule has 3 aromatic rings. The average Bonchev–Trinajstić information content (AvgIpc) is 2.89. The number of nitrogens with one attached hydrogen (secondary N) is 3. The Labute approximate surface area is 123 Å². The van der Waals surface area contributed by atoms with Gasteiger partial charge in [-0.2, -0.15) is 5.10 Å². The lowest BCUT2D eigenvalue weighted by atomic mass is 10.1. The van der Waals surface area contributed by atoms with Crippen LogP contribution >= 0.6 is 15.9 Å². The molecule has 3 N–H and O–H groups in total. The lowest BCUT2D eigenvalue weighted by Crippen LogP contribution is -2.06. The lowest BCUT2D eigenvalue weighted by molar-refractivity contribution is 0.715. The molecular weight excluding hydrogens is 322 g/mol. The van der Waals surface area contributed by atoms with Crippen molar-refractivity contribution in [2.45, 2.75) is 6.54 Å². The lowest BCUT2D eigenvalue weighted by Gasteiger charge is -2.03. The van der Waals surface area contributed by atoms with E-state index in [0.717, 1.165) is 32.5 Å². The number of aromatic nitrogens is 4. The number of rotatable bonds is 3. The number of aryl methyl sites for hydroxylation is 1. The second-order valence-electron chi connectivity index (χ2n) is 4.60. The van der Waals surface area contributed by atoms with E-state index in [0.29, 0.717) is 6.54 Å². The maximum atomic E-state index is 11.3. The van der Waals surface area contributed by atoms with Gasteiger partial charge in [0.2, 0.25) is 0 Å². The maximum Gasteiger partial charge on any atom is 0.323 e. The van der Waals surface area contributed by atoms with Gasteiger partial charge in [0.25, 0.3) is 0 Å². The molecule has 0 fully saturated rings. The Morgan fingerprint density at radius 2 is 2.10 bits per heavy atom. The van der Waals surface area contributed by atoms with Gasteiger partial charge in [-0.1, -0.05) is 6.07 Å². The summed E-state index contributed by atoms with van der Waals surface area (Å²) in [5.41, 5.74) is 4.32. The fourth-order valence-electron chi connectivity index (χ4n) is 2.33. The van der Waals surface area contributed by atoms with Crippen molar-refractivity contribution in [3.05, 3.63) is 38.9 Å². The van der Waals surface area contributed by atoms with Crippen LogP contribution in [0.5, 0.6) is 0 Å². The van der Waals surface area contributed by atoms with Crippen LogP contribution in [-0.2, 0) is 13.6 Å². The molecule has 0 aliphatic rings. The number of benzene rings is 1. The summed E-state index contributed by atoms with van der Waals surface area (Å²) in [6.45, 7) is 0.692. The molecule has 2 aromatic heterocycles. The summed E-state index contributed by atoms with van der Waals surface area (Å²) in [6.07, 6.45) is 0. The minimum Gasteiger partial charge on any atom is -0.314 e. The first-order valence-electron chi connectivity index (χ1n) is 6.18. The van der Waals surface area contributed by atoms with Crippen molar-refractivity contribution < 1.29 is 0 Å². The first-order valence-corrected chi connectivity index (χ1v) is 6.98. The minimum absolute atomic E-state index is 0.197.